The summed E-state index contributed by atoms with van der Waals surface area (Å²) < 4.78 is 0. The van der Waals surface area contributed by atoms with E-state index in [1.54, 1.807) is 0 Å². The lowest BCUT2D eigenvalue weighted by Crippen LogP contribution is -2.26. The Kier molecular flexibility index (Phi) is 8.77. The van der Waals surface area contributed by atoms with E-state index in [9.17, 15) is 0 Å². The molecule has 1 aliphatic carbocycles. The molecule has 0 saturated heterocycles. The number of hydrogen-bond acceptors (Lipinski definition) is 1. The first-order chi connectivity index (χ1) is 9.19. The topological polar surface area (TPSA) is 12.0 Å². The fourth-order valence-electron chi connectivity index (χ4n) is 3.84. The van der Waals surface area contributed by atoms with Gasteiger partial charge in [-0.3, -0.25) is 0 Å². The molecule has 19 heavy (non-hydrogen) atoms. The van der Waals surface area contributed by atoms with Gasteiger partial charge in [-0.15, -0.1) is 0 Å². The van der Waals surface area contributed by atoms with E-state index in [4.69, 9.17) is 0 Å². The van der Waals surface area contributed by atoms with Gasteiger partial charge in [-0.25, -0.2) is 0 Å². The Labute approximate surface area is 121 Å². The SMILES string of the molecule is CCCNCCC(C)C1CCC(C(C)CCC)CC1. The highest BCUT2D eigenvalue weighted by molar-refractivity contribution is 4.78. The molecule has 0 amide bonds. The molecular weight excluding hydrogens is 230 g/mol. The number of nitrogens with one attached hydrogen (secondary N) is 1. The molecule has 1 saturated carbocycles. The normalized spacial score (nSPS) is 27.2. The summed E-state index contributed by atoms with van der Waals surface area (Å²) in [5.41, 5.74) is 0. The molecule has 0 spiro atoms. The third-order valence-electron chi connectivity index (χ3n) is 5.37. The van der Waals surface area contributed by atoms with Gasteiger partial charge in [0.15, 0.2) is 0 Å². The van der Waals surface area contributed by atoms with Crippen LogP contribution < -0.4 is 5.32 Å². The van der Waals surface area contributed by atoms with Gasteiger partial charge in [0.05, 0.1) is 0 Å². The summed E-state index contributed by atoms with van der Waals surface area (Å²) in [7, 11) is 0. The summed E-state index contributed by atoms with van der Waals surface area (Å²) in [6, 6.07) is 0. The molecule has 114 valence electrons. The maximum Gasteiger partial charge on any atom is -0.00463 e. The van der Waals surface area contributed by atoms with Crippen LogP contribution in [-0.4, -0.2) is 13.1 Å². The monoisotopic (exact) mass is 267 g/mol. The highest BCUT2D eigenvalue weighted by Crippen LogP contribution is 2.38. The summed E-state index contributed by atoms with van der Waals surface area (Å²) in [5, 5.41) is 3.55. The second kappa shape index (κ2) is 9.80. The lowest BCUT2D eigenvalue weighted by Gasteiger charge is -2.35. The van der Waals surface area contributed by atoms with Crippen molar-refractivity contribution in [2.45, 2.75) is 79.1 Å². The number of hydrogen-bond donors (Lipinski definition) is 1. The van der Waals surface area contributed by atoms with Crippen molar-refractivity contribution in [2.24, 2.45) is 23.7 Å². The van der Waals surface area contributed by atoms with Gasteiger partial charge >= 0.3 is 0 Å². The molecule has 1 fully saturated rings. The average Bonchev–Trinajstić information content (AvgIpc) is 2.44. The van der Waals surface area contributed by atoms with Crippen molar-refractivity contribution < 1.29 is 0 Å². The van der Waals surface area contributed by atoms with Crippen LogP contribution in [0.5, 0.6) is 0 Å². The molecule has 0 radical (unpaired) electrons. The summed E-state index contributed by atoms with van der Waals surface area (Å²) in [4.78, 5) is 0. The zero-order chi connectivity index (χ0) is 14.1. The minimum absolute atomic E-state index is 0.923. The Morgan fingerprint density at radius 1 is 0.789 bits per heavy atom. The second-order valence-corrected chi connectivity index (χ2v) is 6.96. The first-order valence-electron chi connectivity index (χ1n) is 8.89. The first kappa shape index (κ1) is 17.0. The molecule has 2 atom stereocenters. The first-order valence-corrected chi connectivity index (χ1v) is 8.89. The largest absolute Gasteiger partial charge is 0.317 e. The summed E-state index contributed by atoms with van der Waals surface area (Å²) in [6.07, 6.45) is 11.4. The fourth-order valence-corrected chi connectivity index (χ4v) is 3.84. The van der Waals surface area contributed by atoms with E-state index in [2.05, 4.69) is 33.0 Å². The van der Waals surface area contributed by atoms with Gasteiger partial charge in [0.25, 0.3) is 0 Å². The Morgan fingerprint density at radius 2 is 1.32 bits per heavy atom. The van der Waals surface area contributed by atoms with Crippen LogP contribution in [0.1, 0.15) is 79.1 Å². The van der Waals surface area contributed by atoms with Gasteiger partial charge in [-0.1, -0.05) is 40.5 Å². The highest BCUT2D eigenvalue weighted by atomic mass is 14.8. The Bertz CT molecular complexity index is 206. The fraction of sp³-hybridized carbons (Fsp3) is 1.00. The van der Waals surface area contributed by atoms with Crippen molar-refractivity contribution in [1.82, 2.24) is 5.32 Å². The smallest absolute Gasteiger partial charge is 0.00463 e. The minimum Gasteiger partial charge on any atom is -0.317 e. The maximum absolute atomic E-state index is 3.55. The molecule has 1 heteroatoms. The molecule has 1 N–H and O–H groups in total. The predicted octanol–water partition coefficient (Wildman–Crippen LogP) is 5.25. The zero-order valence-electron chi connectivity index (χ0n) is 13.9. The van der Waals surface area contributed by atoms with E-state index < -0.39 is 0 Å². The van der Waals surface area contributed by atoms with E-state index in [0.717, 1.165) is 23.7 Å². The van der Waals surface area contributed by atoms with Crippen LogP contribution in [0.3, 0.4) is 0 Å². The molecule has 0 heterocycles. The molecular formula is C18H37N. The zero-order valence-corrected chi connectivity index (χ0v) is 13.9. The highest BCUT2D eigenvalue weighted by Gasteiger charge is 2.27. The number of rotatable bonds is 9. The van der Waals surface area contributed by atoms with Gasteiger partial charge in [0.1, 0.15) is 0 Å². The Balaban J connectivity index is 2.17. The standard InChI is InChI=1S/C18H37N/c1-5-7-15(3)17-8-10-18(11-9-17)16(4)12-14-19-13-6-2/h15-19H,5-14H2,1-4H3. The lowest BCUT2D eigenvalue weighted by atomic mass is 9.71. The summed E-state index contributed by atoms with van der Waals surface area (Å²) >= 11 is 0. The van der Waals surface area contributed by atoms with Crippen LogP contribution in [0.25, 0.3) is 0 Å². The van der Waals surface area contributed by atoms with Crippen molar-refractivity contribution in [1.29, 1.82) is 0 Å². The third-order valence-corrected chi connectivity index (χ3v) is 5.37. The average molecular weight is 268 g/mol. The van der Waals surface area contributed by atoms with Crippen molar-refractivity contribution in [2.75, 3.05) is 13.1 Å². The quantitative estimate of drug-likeness (QED) is 0.562. The molecule has 1 rings (SSSR count). The molecule has 1 nitrogen and oxygen atoms in total. The molecule has 0 aromatic carbocycles. The molecule has 0 aliphatic heterocycles. The van der Waals surface area contributed by atoms with E-state index in [-0.39, 0.29) is 0 Å². The Morgan fingerprint density at radius 3 is 1.79 bits per heavy atom. The van der Waals surface area contributed by atoms with Crippen LogP contribution in [0, 0.1) is 23.7 Å². The van der Waals surface area contributed by atoms with Gasteiger partial charge < -0.3 is 5.32 Å². The Hall–Kier alpha value is -0.0400. The van der Waals surface area contributed by atoms with E-state index in [0.29, 0.717) is 0 Å². The third kappa shape index (κ3) is 6.29. The summed E-state index contributed by atoms with van der Waals surface area (Å²) in [5.74, 6) is 3.93. The van der Waals surface area contributed by atoms with Gasteiger partial charge in [0.2, 0.25) is 0 Å². The van der Waals surface area contributed by atoms with Crippen molar-refractivity contribution in [3.63, 3.8) is 0 Å². The van der Waals surface area contributed by atoms with E-state index >= 15 is 0 Å². The maximum atomic E-state index is 3.55. The molecule has 0 aromatic heterocycles. The summed E-state index contributed by atoms with van der Waals surface area (Å²) in [6.45, 7) is 11.9. The van der Waals surface area contributed by atoms with Crippen molar-refractivity contribution in [3.05, 3.63) is 0 Å². The van der Waals surface area contributed by atoms with Crippen LogP contribution in [-0.2, 0) is 0 Å². The second-order valence-electron chi connectivity index (χ2n) is 6.96. The predicted molar refractivity (Wildman–Crippen MR) is 86.5 cm³/mol. The molecule has 1 aliphatic rings. The minimum atomic E-state index is 0.923. The van der Waals surface area contributed by atoms with Crippen LogP contribution in [0.2, 0.25) is 0 Å². The molecule has 0 aromatic rings. The van der Waals surface area contributed by atoms with Crippen molar-refractivity contribution in [3.8, 4) is 0 Å². The van der Waals surface area contributed by atoms with E-state index in [1.807, 2.05) is 0 Å². The van der Waals surface area contributed by atoms with Crippen LogP contribution in [0.4, 0.5) is 0 Å². The van der Waals surface area contributed by atoms with Gasteiger partial charge in [-0.05, 0) is 75.3 Å². The van der Waals surface area contributed by atoms with Gasteiger partial charge in [-0.2, -0.15) is 0 Å². The van der Waals surface area contributed by atoms with Gasteiger partial charge in [0, 0.05) is 0 Å². The lowest BCUT2D eigenvalue weighted by molar-refractivity contribution is 0.166. The van der Waals surface area contributed by atoms with Crippen LogP contribution >= 0.6 is 0 Å². The molecule has 2 unspecified atom stereocenters. The molecule has 0 bridgehead atoms. The van der Waals surface area contributed by atoms with Crippen molar-refractivity contribution >= 4 is 0 Å². The van der Waals surface area contributed by atoms with Crippen LogP contribution in [0.15, 0.2) is 0 Å². The van der Waals surface area contributed by atoms with E-state index in [1.165, 1.54) is 64.5 Å².